The number of anilines is 1. The van der Waals surface area contributed by atoms with Gasteiger partial charge in [0, 0.05) is 60.6 Å². The number of hydrogen-bond acceptors (Lipinski definition) is 5. The van der Waals surface area contributed by atoms with E-state index in [1.54, 1.807) is 19.4 Å². The molecule has 0 radical (unpaired) electrons. The molecular weight excluding hydrogens is 450 g/mol. The van der Waals surface area contributed by atoms with Gasteiger partial charge in [-0.3, -0.25) is 4.79 Å². The summed E-state index contributed by atoms with van der Waals surface area (Å²) in [7, 11) is 3.71. The number of methoxy groups -OCH3 is 1. The molecule has 1 aliphatic rings. The average Bonchev–Trinajstić information content (AvgIpc) is 3.28. The van der Waals surface area contributed by atoms with E-state index in [1.165, 1.54) is 0 Å². The topological polar surface area (TPSA) is 87.5 Å². The van der Waals surface area contributed by atoms with Crippen molar-refractivity contribution < 1.29 is 9.53 Å². The Hall–Kier alpha value is -3.55. The highest BCUT2D eigenvalue weighted by atomic mass is 35.5. The fraction of sp³-hybridized carbons (Fsp3) is 0.231. The third-order valence-electron chi connectivity index (χ3n) is 6.41. The lowest BCUT2D eigenvalue weighted by molar-refractivity contribution is 0.0665. The zero-order valence-corrected chi connectivity index (χ0v) is 19.9. The van der Waals surface area contributed by atoms with E-state index < -0.39 is 0 Å². The van der Waals surface area contributed by atoms with Crippen LogP contribution in [0.4, 0.5) is 5.69 Å². The smallest absolute Gasteiger partial charge is 0.256 e. The average molecular weight is 476 g/mol. The number of pyridine rings is 1. The number of fused-ring (bicyclic) bond motifs is 1. The summed E-state index contributed by atoms with van der Waals surface area (Å²) in [6, 6.07) is 13.5. The van der Waals surface area contributed by atoms with E-state index in [9.17, 15) is 4.79 Å². The zero-order chi connectivity index (χ0) is 23.8. The lowest BCUT2D eigenvalue weighted by Crippen LogP contribution is -2.47. The first-order valence-electron chi connectivity index (χ1n) is 11.1. The van der Waals surface area contributed by atoms with Gasteiger partial charge in [-0.25, -0.2) is 4.98 Å². The van der Waals surface area contributed by atoms with Gasteiger partial charge in [0.15, 0.2) is 0 Å². The van der Waals surface area contributed by atoms with Crippen LogP contribution in [0, 0.1) is 0 Å². The van der Waals surface area contributed by atoms with Gasteiger partial charge >= 0.3 is 0 Å². The van der Waals surface area contributed by atoms with Crippen molar-refractivity contribution in [1.82, 2.24) is 19.8 Å². The highest BCUT2D eigenvalue weighted by Gasteiger charge is 2.24. The van der Waals surface area contributed by atoms with E-state index in [2.05, 4.69) is 21.9 Å². The van der Waals surface area contributed by atoms with E-state index in [1.807, 2.05) is 47.5 Å². The Bertz CT molecular complexity index is 1380. The van der Waals surface area contributed by atoms with Gasteiger partial charge in [-0.15, -0.1) is 0 Å². The van der Waals surface area contributed by atoms with Crippen molar-refractivity contribution in [1.29, 1.82) is 0 Å². The number of aromatic nitrogens is 2. The molecular formula is C26H26ClN5O2. The van der Waals surface area contributed by atoms with Gasteiger partial charge in [-0.2, -0.15) is 0 Å². The first-order chi connectivity index (χ1) is 16.5. The number of ether oxygens (including phenoxy) is 1. The van der Waals surface area contributed by atoms with Crippen molar-refractivity contribution in [2.45, 2.75) is 0 Å². The standard InChI is InChI=1S/C26H26ClN5O2/c1-31-7-9-32(10-8-31)26(33)20-11-16(13-22(27)24(20)28)17-12-19-21(15-30-25(19)29-14-17)18-5-3-4-6-23(18)34-2/h3-6,11-15H,7-10,28H2,1-2H3,(H,29,30). The molecule has 1 aliphatic heterocycles. The van der Waals surface area contributed by atoms with E-state index in [0.717, 1.165) is 52.1 Å². The Balaban J connectivity index is 1.57. The fourth-order valence-corrected chi connectivity index (χ4v) is 4.61. The summed E-state index contributed by atoms with van der Waals surface area (Å²) >= 11 is 6.49. The van der Waals surface area contributed by atoms with Gasteiger partial charge in [-0.05, 0) is 36.9 Å². The number of nitrogen functional groups attached to an aromatic ring is 1. The molecule has 3 heterocycles. The van der Waals surface area contributed by atoms with Gasteiger partial charge < -0.3 is 25.3 Å². The van der Waals surface area contributed by atoms with Crippen molar-refractivity contribution in [3.05, 3.63) is 65.4 Å². The first kappa shape index (κ1) is 22.3. The van der Waals surface area contributed by atoms with Gasteiger partial charge in [0.05, 0.1) is 23.4 Å². The van der Waals surface area contributed by atoms with E-state index in [4.69, 9.17) is 22.1 Å². The normalized spacial score (nSPS) is 14.5. The number of piperazine rings is 1. The number of carbonyl (C=O) groups is 1. The summed E-state index contributed by atoms with van der Waals surface area (Å²) in [4.78, 5) is 25.2. The number of amides is 1. The largest absolute Gasteiger partial charge is 0.496 e. The molecule has 0 saturated carbocycles. The number of benzene rings is 2. The summed E-state index contributed by atoms with van der Waals surface area (Å²) in [5.74, 6) is 0.684. The number of nitrogens with one attached hydrogen (secondary N) is 1. The third-order valence-corrected chi connectivity index (χ3v) is 6.72. The van der Waals surface area contributed by atoms with Crippen molar-refractivity contribution >= 4 is 34.2 Å². The molecule has 8 heteroatoms. The zero-order valence-electron chi connectivity index (χ0n) is 19.1. The van der Waals surface area contributed by atoms with Crippen molar-refractivity contribution in [3.63, 3.8) is 0 Å². The van der Waals surface area contributed by atoms with E-state index in [0.29, 0.717) is 29.4 Å². The molecule has 4 aromatic rings. The molecule has 0 bridgehead atoms. The molecule has 0 unspecified atom stereocenters. The van der Waals surface area contributed by atoms with Crippen LogP contribution in [0.15, 0.2) is 54.9 Å². The molecule has 0 spiro atoms. The maximum Gasteiger partial charge on any atom is 0.256 e. The minimum Gasteiger partial charge on any atom is -0.496 e. The number of aromatic amines is 1. The molecule has 0 aliphatic carbocycles. The molecule has 5 rings (SSSR count). The van der Waals surface area contributed by atoms with E-state index >= 15 is 0 Å². The van der Waals surface area contributed by atoms with Crippen LogP contribution in [0.25, 0.3) is 33.3 Å². The number of rotatable bonds is 4. The molecule has 3 N–H and O–H groups in total. The summed E-state index contributed by atoms with van der Waals surface area (Å²) in [5, 5.41) is 1.30. The van der Waals surface area contributed by atoms with Crippen LogP contribution in [-0.4, -0.2) is 66.0 Å². The number of nitrogens with zero attached hydrogens (tertiary/aromatic N) is 3. The van der Waals surface area contributed by atoms with Crippen LogP contribution in [-0.2, 0) is 0 Å². The summed E-state index contributed by atoms with van der Waals surface area (Å²) in [6.45, 7) is 2.99. The SMILES string of the molecule is COc1ccccc1-c1c[nH]c2ncc(-c3cc(Cl)c(N)c(C(=O)N4CCN(C)CC4)c3)cc12. The van der Waals surface area contributed by atoms with Crippen LogP contribution >= 0.6 is 11.6 Å². The molecule has 1 fully saturated rings. The number of halogens is 1. The summed E-state index contributed by atoms with van der Waals surface area (Å²) in [5.41, 5.74) is 11.3. The number of carbonyl (C=O) groups excluding carboxylic acids is 1. The van der Waals surface area contributed by atoms with Crippen LogP contribution in [0.2, 0.25) is 5.02 Å². The predicted molar refractivity (Wildman–Crippen MR) is 136 cm³/mol. The Morgan fingerprint density at radius 2 is 1.85 bits per heavy atom. The number of hydrogen-bond donors (Lipinski definition) is 2. The Labute approximate surface area is 203 Å². The second-order valence-electron chi connectivity index (χ2n) is 8.54. The minimum atomic E-state index is -0.0975. The van der Waals surface area contributed by atoms with Crippen molar-refractivity contribution in [3.8, 4) is 28.0 Å². The van der Waals surface area contributed by atoms with Crippen LogP contribution in [0.1, 0.15) is 10.4 Å². The van der Waals surface area contributed by atoms with Crippen LogP contribution in [0.5, 0.6) is 5.75 Å². The molecule has 34 heavy (non-hydrogen) atoms. The van der Waals surface area contributed by atoms with Crippen molar-refractivity contribution in [2.75, 3.05) is 46.1 Å². The first-order valence-corrected chi connectivity index (χ1v) is 11.5. The number of likely N-dealkylation sites (N-methyl/N-ethyl adjacent to an activating group) is 1. The molecule has 2 aromatic carbocycles. The number of H-pyrrole nitrogens is 1. The molecule has 7 nitrogen and oxygen atoms in total. The maximum absolute atomic E-state index is 13.3. The maximum atomic E-state index is 13.3. The molecule has 1 saturated heterocycles. The number of nitrogens with two attached hydrogens (primary N) is 1. The van der Waals surface area contributed by atoms with Gasteiger partial charge in [0.25, 0.3) is 5.91 Å². The Morgan fingerprint density at radius 3 is 2.62 bits per heavy atom. The fourth-order valence-electron chi connectivity index (χ4n) is 4.39. The van der Waals surface area contributed by atoms with Crippen LogP contribution < -0.4 is 10.5 Å². The second-order valence-corrected chi connectivity index (χ2v) is 8.94. The molecule has 2 aromatic heterocycles. The van der Waals surface area contributed by atoms with Crippen molar-refractivity contribution in [2.24, 2.45) is 0 Å². The Kier molecular flexibility index (Phi) is 5.89. The summed E-state index contributed by atoms with van der Waals surface area (Å²) < 4.78 is 5.56. The van der Waals surface area contributed by atoms with Gasteiger partial charge in [0.1, 0.15) is 11.4 Å². The summed E-state index contributed by atoms with van der Waals surface area (Å²) in [6.07, 6.45) is 3.70. The highest BCUT2D eigenvalue weighted by molar-refractivity contribution is 6.34. The van der Waals surface area contributed by atoms with Gasteiger partial charge in [0.2, 0.25) is 0 Å². The quantitative estimate of drug-likeness (QED) is 0.423. The lowest BCUT2D eigenvalue weighted by Gasteiger charge is -2.32. The molecule has 1 amide bonds. The van der Waals surface area contributed by atoms with E-state index in [-0.39, 0.29) is 5.91 Å². The second kappa shape index (κ2) is 9.00. The molecule has 174 valence electrons. The van der Waals surface area contributed by atoms with Gasteiger partial charge in [-0.1, -0.05) is 29.8 Å². The minimum absolute atomic E-state index is 0.0975. The third kappa shape index (κ3) is 3.97. The molecule has 0 atom stereocenters. The number of para-hydroxylation sites is 1. The van der Waals surface area contributed by atoms with Crippen LogP contribution in [0.3, 0.4) is 0 Å². The Morgan fingerprint density at radius 1 is 1.09 bits per heavy atom. The lowest BCUT2D eigenvalue weighted by atomic mass is 9.99. The predicted octanol–water partition coefficient (Wildman–Crippen LogP) is 4.53. The highest BCUT2D eigenvalue weighted by Crippen LogP contribution is 2.37. The monoisotopic (exact) mass is 475 g/mol.